The lowest BCUT2D eigenvalue weighted by molar-refractivity contribution is 0.285. The monoisotopic (exact) mass is 134 g/mol. The standard InChI is InChI=1S/C10H14/c1-2-9-7-4-5-8(6-7)10(9)3-1/h1-2,7-10H,3-6H2/t7-,8+,9-,10-/m1/s1. The number of rotatable bonds is 0. The van der Waals surface area contributed by atoms with E-state index in [0.717, 1.165) is 23.7 Å². The lowest BCUT2D eigenvalue weighted by Gasteiger charge is -2.23. The highest BCUT2D eigenvalue weighted by Crippen LogP contribution is 2.56. The van der Waals surface area contributed by atoms with Crippen LogP contribution in [-0.4, -0.2) is 0 Å². The second-order valence-corrected chi connectivity index (χ2v) is 4.24. The largest absolute Gasteiger partial charge is 0.0879 e. The van der Waals surface area contributed by atoms with Gasteiger partial charge in [-0.2, -0.15) is 0 Å². The molecule has 3 rings (SSSR count). The fourth-order valence-corrected chi connectivity index (χ4v) is 3.50. The molecule has 0 aromatic rings. The van der Waals surface area contributed by atoms with Gasteiger partial charge in [0.2, 0.25) is 0 Å². The van der Waals surface area contributed by atoms with E-state index < -0.39 is 0 Å². The highest BCUT2D eigenvalue weighted by molar-refractivity contribution is 5.11. The lowest BCUT2D eigenvalue weighted by Crippen LogP contribution is -2.16. The molecule has 54 valence electrons. The molecule has 0 amide bonds. The second-order valence-electron chi connectivity index (χ2n) is 4.24. The summed E-state index contributed by atoms with van der Waals surface area (Å²) in [7, 11) is 0. The van der Waals surface area contributed by atoms with Crippen molar-refractivity contribution < 1.29 is 0 Å². The first-order chi connectivity index (χ1) is 4.95. The molecule has 0 aromatic carbocycles. The fourth-order valence-electron chi connectivity index (χ4n) is 3.50. The van der Waals surface area contributed by atoms with E-state index in [1.165, 1.54) is 12.8 Å². The molecule has 0 aromatic heterocycles. The smallest absolute Gasteiger partial charge is 0.0171 e. The molecule has 0 heterocycles. The minimum Gasteiger partial charge on any atom is -0.0879 e. The average molecular weight is 134 g/mol. The zero-order valence-corrected chi connectivity index (χ0v) is 6.29. The zero-order chi connectivity index (χ0) is 6.55. The molecule has 2 bridgehead atoms. The third kappa shape index (κ3) is 0.492. The maximum atomic E-state index is 2.49. The van der Waals surface area contributed by atoms with Gasteiger partial charge in [-0.1, -0.05) is 12.2 Å². The van der Waals surface area contributed by atoms with Crippen molar-refractivity contribution in [3.63, 3.8) is 0 Å². The summed E-state index contributed by atoms with van der Waals surface area (Å²) in [4.78, 5) is 0. The molecule has 2 saturated carbocycles. The van der Waals surface area contributed by atoms with Crippen LogP contribution in [0.15, 0.2) is 12.2 Å². The summed E-state index contributed by atoms with van der Waals surface area (Å²) in [6.45, 7) is 0. The van der Waals surface area contributed by atoms with E-state index in [-0.39, 0.29) is 0 Å². The first-order valence-electron chi connectivity index (χ1n) is 4.62. The van der Waals surface area contributed by atoms with Crippen molar-refractivity contribution >= 4 is 0 Å². The minimum absolute atomic E-state index is 1.03. The van der Waals surface area contributed by atoms with Crippen LogP contribution in [0, 0.1) is 23.7 Å². The van der Waals surface area contributed by atoms with Gasteiger partial charge >= 0.3 is 0 Å². The lowest BCUT2D eigenvalue weighted by atomic mass is 9.82. The van der Waals surface area contributed by atoms with E-state index in [2.05, 4.69) is 12.2 Å². The Morgan fingerprint density at radius 2 is 2.00 bits per heavy atom. The Bertz CT molecular complexity index is 180. The van der Waals surface area contributed by atoms with Crippen LogP contribution in [0.2, 0.25) is 0 Å². The van der Waals surface area contributed by atoms with Crippen molar-refractivity contribution in [2.75, 3.05) is 0 Å². The van der Waals surface area contributed by atoms with Crippen molar-refractivity contribution in [3.8, 4) is 0 Å². The van der Waals surface area contributed by atoms with E-state index in [1.54, 1.807) is 12.8 Å². The van der Waals surface area contributed by atoms with Gasteiger partial charge in [0, 0.05) is 0 Å². The first-order valence-corrected chi connectivity index (χ1v) is 4.62. The molecular weight excluding hydrogens is 120 g/mol. The van der Waals surface area contributed by atoms with Crippen molar-refractivity contribution in [1.82, 2.24) is 0 Å². The summed E-state index contributed by atoms with van der Waals surface area (Å²) >= 11 is 0. The second kappa shape index (κ2) is 1.66. The molecule has 3 aliphatic rings. The van der Waals surface area contributed by atoms with Gasteiger partial charge in [0.05, 0.1) is 0 Å². The van der Waals surface area contributed by atoms with Crippen LogP contribution in [-0.2, 0) is 0 Å². The normalized spacial score (nSPS) is 56.0. The number of fused-ring (bicyclic) bond motifs is 5. The van der Waals surface area contributed by atoms with E-state index in [9.17, 15) is 0 Å². The SMILES string of the molecule is C1=C[C@@H]2[C@@H]3CC[C@@H](C3)[C@H]2C1. The van der Waals surface area contributed by atoms with Crippen LogP contribution in [0.1, 0.15) is 25.7 Å². The molecule has 0 nitrogen and oxygen atoms in total. The van der Waals surface area contributed by atoms with Gasteiger partial charge in [0.25, 0.3) is 0 Å². The Labute approximate surface area is 62.3 Å². The van der Waals surface area contributed by atoms with Crippen molar-refractivity contribution in [2.24, 2.45) is 23.7 Å². The maximum absolute atomic E-state index is 2.49. The van der Waals surface area contributed by atoms with Crippen LogP contribution in [0.4, 0.5) is 0 Å². The average Bonchev–Trinajstić information content (AvgIpc) is 2.60. The molecule has 3 aliphatic carbocycles. The molecular formula is C10H14. The fraction of sp³-hybridized carbons (Fsp3) is 0.800. The Balaban J connectivity index is 1.97. The Kier molecular flexibility index (Phi) is 0.898. The summed E-state index contributed by atoms with van der Waals surface area (Å²) in [5.41, 5.74) is 0. The van der Waals surface area contributed by atoms with Gasteiger partial charge in [-0.25, -0.2) is 0 Å². The number of hydrogen-bond donors (Lipinski definition) is 0. The molecule has 0 radical (unpaired) electrons. The highest BCUT2D eigenvalue weighted by atomic mass is 14.5. The third-order valence-corrected chi connectivity index (χ3v) is 3.92. The van der Waals surface area contributed by atoms with Crippen molar-refractivity contribution in [3.05, 3.63) is 12.2 Å². The van der Waals surface area contributed by atoms with Gasteiger partial charge in [-0.3, -0.25) is 0 Å². The van der Waals surface area contributed by atoms with Crippen LogP contribution in [0.5, 0.6) is 0 Å². The zero-order valence-electron chi connectivity index (χ0n) is 6.29. The topological polar surface area (TPSA) is 0 Å². The van der Waals surface area contributed by atoms with Crippen LogP contribution in [0.3, 0.4) is 0 Å². The summed E-state index contributed by atoms with van der Waals surface area (Å²) < 4.78 is 0. The quantitative estimate of drug-likeness (QED) is 0.447. The summed E-state index contributed by atoms with van der Waals surface area (Å²) in [5, 5.41) is 0. The summed E-state index contributed by atoms with van der Waals surface area (Å²) in [5.74, 6) is 4.36. The molecule has 0 saturated heterocycles. The van der Waals surface area contributed by atoms with E-state index in [4.69, 9.17) is 0 Å². The van der Waals surface area contributed by atoms with Gasteiger partial charge in [-0.15, -0.1) is 0 Å². The third-order valence-electron chi connectivity index (χ3n) is 3.92. The first kappa shape index (κ1) is 5.40. The van der Waals surface area contributed by atoms with Gasteiger partial charge < -0.3 is 0 Å². The van der Waals surface area contributed by atoms with Crippen LogP contribution in [0.25, 0.3) is 0 Å². The van der Waals surface area contributed by atoms with Gasteiger partial charge in [-0.05, 0) is 49.4 Å². The summed E-state index contributed by atoms with van der Waals surface area (Å²) in [6.07, 6.45) is 11.0. The summed E-state index contributed by atoms with van der Waals surface area (Å²) in [6, 6.07) is 0. The van der Waals surface area contributed by atoms with E-state index in [0.29, 0.717) is 0 Å². The molecule has 0 aliphatic heterocycles. The Morgan fingerprint density at radius 1 is 1.10 bits per heavy atom. The molecule has 2 fully saturated rings. The molecule has 0 N–H and O–H groups in total. The van der Waals surface area contributed by atoms with Crippen LogP contribution < -0.4 is 0 Å². The maximum Gasteiger partial charge on any atom is -0.0171 e. The van der Waals surface area contributed by atoms with E-state index in [1.807, 2.05) is 0 Å². The number of hydrogen-bond acceptors (Lipinski definition) is 0. The predicted octanol–water partition coefficient (Wildman–Crippen LogP) is 2.61. The predicted molar refractivity (Wildman–Crippen MR) is 41.6 cm³/mol. The molecule has 4 atom stereocenters. The Hall–Kier alpha value is -0.260. The Morgan fingerprint density at radius 3 is 2.90 bits per heavy atom. The molecule has 0 heteroatoms. The van der Waals surface area contributed by atoms with Crippen molar-refractivity contribution in [1.29, 1.82) is 0 Å². The van der Waals surface area contributed by atoms with Gasteiger partial charge in [0.15, 0.2) is 0 Å². The number of allylic oxidation sites excluding steroid dienone is 2. The molecule has 0 spiro atoms. The molecule has 0 unspecified atom stereocenters. The van der Waals surface area contributed by atoms with E-state index >= 15 is 0 Å². The highest BCUT2D eigenvalue weighted by Gasteiger charge is 2.47. The minimum atomic E-state index is 1.03. The van der Waals surface area contributed by atoms with Crippen molar-refractivity contribution in [2.45, 2.75) is 25.7 Å². The van der Waals surface area contributed by atoms with Crippen LogP contribution >= 0.6 is 0 Å². The molecule has 10 heavy (non-hydrogen) atoms. The van der Waals surface area contributed by atoms with Gasteiger partial charge in [0.1, 0.15) is 0 Å².